The molecule has 0 aliphatic carbocycles. The lowest BCUT2D eigenvalue weighted by Crippen LogP contribution is -2.29. The van der Waals surface area contributed by atoms with E-state index < -0.39 is 17.6 Å². The first-order valence-electron chi connectivity index (χ1n) is 12.0. The molecule has 0 aliphatic rings. The number of ether oxygens (including phenoxy) is 1. The van der Waals surface area contributed by atoms with Gasteiger partial charge in [0.15, 0.2) is 0 Å². The highest BCUT2D eigenvalue weighted by molar-refractivity contribution is 14.1. The van der Waals surface area contributed by atoms with Crippen molar-refractivity contribution in [1.29, 1.82) is 0 Å². The van der Waals surface area contributed by atoms with Gasteiger partial charge >= 0.3 is 6.09 Å². The fraction of sp³-hybridized carbons (Fsp3) is 0.241. The molecule has 0 spiro atoms. The second kappa shape index (κ2) is 13.6. The van der Waals surface area contributed by atoms with Crippen LogP contribution in [0.2, 0.25) is 0 Å². The van der Waals surface area contributed by atoms with Gasteiger partial charge in [-0.2, -0.15) is 0 Å². The number of nitrogen functional groups attached to an aromatic ring is 1. The summed E-state index contributed by atoms with van der Waals surface area (Å²) in [6.07, 6.45) is 4.99. The Morgan fingerprint density at radius 1 is 1.11 bits per heavy atom. The number of allylic oxidation sites excluding steroid dienone is 1. The molecule has 7 nitrogen and oxygen atoms in total. The zero-order chi connectivity index (χ0) is 27.7. The first kappa shape index (κ1) is 29.4. The van der Waals surface area contributed by atoms with E-state index in [-0.39, 0.29) is 11.7 Å². The number of phenolic OH excluding ortho intramolecular Hbond substituents is 1. The van der Waals surface area contributed by atoms with Crippen LogP contribution in [0.1, 0.15) is 38.4 Å². The van der Waals surface area contributed by atoms with E-state index >= 15 is 0 Å². The second-order valence-electron chi connectivity index (χ2n) is 9.35. The number of amides is 2. The van der Waals surface area contributed by atoms with Crippen LogP contribution in [-0.2, 0) is 9.53 Å². The van der Waals surface area contributed by atoms with E-state index in [1.54, 1.807) is 54.2 Å². The van der Waals surface area contributed by atoms with E-state index in [2.05, 4.69) is 33.2 Å². The molecule has 0 heterocycles. The van der Waals surface area contributed by atoms with Crippen molar-refractivity contribution in [2.75, 3.05) is 22.6 Å². The van der Waals surface area contributed by atoms with Gasteiger partial charge in [-0.15, -0.1) is 11.8 Å². The molecule has 2 amide bonds. The van der Waals surface area contributed by atoms with E-state index in [1.807, 2.05) is 50.4 Å². The molecule has 3 aromatic rings. The summed E-state index contributed by atoms with van der Waals surface area (Å²) in [5, 5.41) is 16.2. The summed E-state index contributed by atoms with van der Waals surface area (Å²) in [5.74, 6) is -0.230. The molecule has 3 aromatic carbocycles. The number of halogens is 1. The van der Waals surface area contributed by atoms with Crippen molar-refractivity contribution in [3.05, 3.63) is 88.0 Å². The van der Waals surface area contributed by atoms with Crippen LogP contribution >= 0.6 is 34.4 Å². The molecule has 0 aliphatic heterocycles. The predicted octanol–water partition coefficient (Wildman–Crippen LogP) is 7.59. The summed E-state index contributed by atoms with van der Waals surface area (Å²) in [4.78, 5) is 26.3. The molecular weight excluding hydrogens is 613 g/mol. The zero-order valence-corrected chi connectivity index (χ0v) is 24.5. The maximum absolute atomic E-state index is 12.9. The van der Waals surface area contributed by atoms with Gasteiger partial charge < -0.3 is 20.9 Å². The van der Waals surface area contributed by atoms with E-state index in [0.29, 0.717) is 35.5 Å². The minimum Gasteiger partial charge on any atom is -0.508 e. The first-order valence-corrected chi connectivity index (χ1v) is 14.3. The zero-order valence-electron chi connectivity index (χ0n) is 21.5. The van der Waals surface area contributed by atoms with Gasteiger partial charge in [0.2, 0.25) is 5.91 Å². The molecule has 0 saturated heterocycles. The molecule has 0 aromatic heterocycles. The number of benzene rings is 3. The van der Waals surface area contributed by atoms with E-state index in [1.165, 1.54) is 6.08 Å². The summed E-state index contributed by atoms with van der Waals surface area (Å²) >= 11 is 3.78. The topological polar surface area (TPSA) is 114 Å². The summed E-state index contributed by atoms with van der Waals surface area (Å²) < 4.78 is 6.84. The molecule has 9 heteroatoms. The Kier molecular flexibility index (Phi) is 10.5. The third-order valence-corrected chi connectivity index (χ3v) is 7.40. The number of hydrogen-bond acceptors (Lipinski definition) is 6. The SMILES string of the molecule is CSc1ccc(NC(=O)O[C@H](c2cc(I)ccc2O)C(C)(C)CC/C=C/C(=O)Nc2ccccc2N)cc1. The Balaban J connectivity index is 1.71. The number of carbonyl (C=O) groups is 2. The lowest BCUT2D eigenvalue weighted by molar-refractivity contribution is -0.111. The number of hydrogen-bond donors (Lipinski definition) is 4. The second-order valence-corrected chi connectivity index (χ2v) is 11.5. The van der Waals surface area contributed by atoms with Gasteiger partial charge in [0.05, 0.1) is 11.4 Å². The van der Waals surface area contributed by atoms with Gasteiger partial charge in [0, 0.05) is 25.1 Å². The van der Waals surface area contributed by atoms with Gasteiger partial charge in [0.1, 0.15) is 11.9 Å². The summed E-state index contributed by atoms with van der Waals surface area (Å²) in [6.45, 7) is 3.94. The van der Waals surface area contributed by atoms with Crippen molar-refractivity contribution in [2.45, 2.75) is 37.7 Å². The minimum atomic E-state index is -0.742. The maximum Gasteiger partial charge on any atom is 0.412 e. The molecule has 0 radical (unpaired) electrons. The molecule has 38 heavy (non-hydrogen) atoms. The number of nitrogens with two attached hydrogens (primary N) is 1. The Hall–Kier alpha value is -3.18. The number of anilines is 3. The molecule has 0 bridgehead atoms. The lowest BCUT2D eigenvalue weighted by atomic mass is 9.78. The van der Waals surface area contributed by atoms with Gasteiger partial charge in [0.25, 0.3) is 0 Å². The standard InChI is InChI=1S/C29H32IN3O4S/c1-29(2,17-7-6-10-26(35)33-24-9-5-4-8-23(24)31)27(22-18-19(30)11-16-25(22)34)37-28(36)32-20-12-14-21(38-3)15-13-20/h4-6,8-16,18,27,34H,7,17,31H2,1-3H3,(H,32,36)(H,33,35)/b10-6+/t27-/m1/s1. The van der Waals surface area contributed by atoms with Crippen molar-refractivity contribution in [1.82, 2.24) is 0 Å². The van der Waals surface area contributed by atoms with Crippen molar-refractivity contribution in [3.8, 4) is 5.75 Å². The van der Waals surface area contributed by atoms with Gasteiger partial charge in [-0.1, -0.05) is 32.1 Å². The van der Waals surface area contributed by atoms with Crippen LogP contribution in [0.5, 0.6) is 5.75 Å². The molecule has 0 fully saturated rings. The van der Waals surface area contributed by atoms with Gasteiger partial charge in [-0.25, -0.2) is 4.79 Å². The van der Waals surface area contributed by atoms with Crippen LogP contribution in [-0.4, -0.2) is 23.4 Å². The quantitative estimate of drug-likeness (QED) is 0.0782. The number of phenols is 1. The molecule has 1 atom stereocenters. The van der Waals surface area contributed by atoms with Crippen LogP contribution in [0.3, 0.4) is 0 Å². The highest BCUT2D eigenvalue weighted by atomic mass is 127. The molecule has 0 unspecified atom stereocenters. The van der Waals surface area contributed by atoms with Crippen LogP contribution < -0.4 is 16.4 Å². The minimum absolute atomic E-state index is 0.0518. The number of nitrogens with one attached hydrogen (secondary N) is 2. The van der Waals surface area contributed by atoms with Gasteiger partial charge in [-0.05, 0) is 102 Å². The highest BCUT2D eigenvalue weighted by Crippen LogP contribution is 2.44. The third kappa shape index (κ3) is 8.42. The van der Waals surface area contributed by atoms with E-state index in [9.17, 15) is 14.7 Å². The third-order valence-electron chi connectivity index (χ3n) is 5.99. The number of rotatable bonds is 10. The van der Waals surface area contributed by atoms with Crippen molar-refractivity contribution < 1.29 is 19.4 Å². The Morgan fingerprint density at radius 2 is 1.82 bits per heavy atom. The smallest absolute Gasteiger partial charge is 0.412 e. The Morgan fingerprint density at radius 3 is 2.50 bits per heavy atom. The van der Waals surface area contributed by atoms with Crippen molar-refractivity contribution in [3.63, 3.8) is 0 Å². The van der Waals surface area contributed by atoms with Crippen molar-refractivity contribution >= 4 is 63.4 Å². The fourth-order valence-corrected chi connectivity index (χ4v) is 4.79. The van der Waals surface area contributed by atoms with E-state index in [4.69, 9.17) is 10.5 Å². The van der Waals surface area contributed by atoms with E-state index in [0.717, 1.165) is 8.47 Å². The molecule has 3 rings (SSSR count). The molecule has 200 valence electrons. The maximum atomic E-state index is 12.9. The van der Waals surface area contributed by atoms with Crippen LogP contribution in [0.25, 0.3) is 0 Å². The largest absolute Gasteiger partial charge is 0.508 e. The lowest BCUT2D eigenvalue weighted by Gasteiger charge is -2.34. The van der Waals surface area contributed by atoms with Crippen LogP contribution in [0, 0.1) is 8.99 Å². The summed E-state index contributed by atoms with van der Waals surface area (Å²) in [5.41, 5.74) is 7.50. The van der Waals surface area contributed by atoms with Gasteiger partial charge in [-0.3, -0.25) is 10.1 Å². The number of aromatic hydroxyl groups is 1. The normalized spacial score (nSPS) is 12.2. The first-order chi connectivity index (χ1) is 18.1. The average molecular weight is 646 g/mol. The number of thioether (sulfide) groups is 1. The summed E-state index contributed by atoms with van der Waals surface area (Å²) in [7, 11) is 0. The fourth-order valence-electron chi connectivity index (χ4n) is 3.87. The Bertz CT molecular complexity index is 1300. The molecular formula is C29H32IN3O4S. The van der Waals surface area contributed by atoms with Crippen LogP contribution in [0.4, 0.5) is 21.9 Å². The van der Waals surface area contributed by atoms with Crippen molar-refractivity contribution in [2.24, 2.45) is 5.41 Å². The monoisotopic (exact) mass is 645 g/mol. The number of carbonyl (C=O) groups excluding carboxylic acids is 2. The summed E-state index contributed by atoms with van der Waals surface area (Å²) in [6, 6.07) is 19.7. The average Bonchev–Trinajstić information content (AvgIpc) is 2.88. The highest BCUT2D eigenvalue weighted by Gasteiger charge is 2.35. The molecule has 0 saturated carbocycles. The Labute approximate surface area is 241 Å². The predicted molar refractivity (Wildman–Crippen MR) is 164 cm³/mol. The molecule has 5 N–H and O–H groups in total. The number of para-hydroxylation sites is 2. The van der Waals surface area contributed by atoms with Crippen LogP contribution in [0.15, 0.2) is 83.8 Å².